The third-order valence-electron chi connectivity index (χ3n) is 5.69. The highest BCUT2D eigenvalue weighted by atomic mass is 16.6. The maximum Gasteiger partial charge on any atom is 0.260 e. The van der Waals surface area contributed by atoms with E-state index in [2.05, 4.69) is 20.3 Å². The number of pyridine rings is 1. The maximum absolute atomic E-state index is 12.8. The van der Waals surface area contributed by atoms with Crippen LogP contribution < -0.4 is 19.5 Å². The van der Waals surface area contributed by atoms with Gasteiger partial charge in [-0.1, -0.05) is 0 Å². The number of hydrogen-bond donors (Lipinski definition) is 1. The molecule has 1 saturated heterocycles. The zero-order valence-corrected chi connectivity index (χ0v) is 18.1. The van der Waals surface area contributed by atoms with Gasteiger partial charge in [0, 0.05) is 43.2 Å². The summed E-state index contributed by atoms with van der Waals surface area (Å²) in [6.45, 7) is 2.40. The minimum Gasteiger partial charge on any atom is -0.486 e. The number of carbonyl (C=O) groups excluding carboxylic acids is 1. The molecule has 33 heavy (non-hydrogen) atoms. The van der Waals surface area contributed by atoms with Crippen LogP contribution in [0.25, 0.3) is 0 Å². The molecule has 1 amide bonds. The first kappa shape index (κ1) is 21.0. The van der Waals surface area contributed by atoms with Crippen molar-refractivity contribution in [1.82, 2.24) is 19.9 Å². The largest absolute Gasteiger partial charge is 0.486 e. The van der Waals surface area contributed by atoms with Gasteiger partial charge in [-0.2, -0.15) is 0 Å². The number of aromatic nitrogens is 3. The van der Waals surface area contributed by atoms with Crippen molar-refractivity contribution in [2.24, 2.45) is 0 Å². The fraction of sp³-hybridized carbons (Fsp3) is 0.333. The van der Waals surface area contributed by atoms with Crippen LogP contribution in [0.15, 0.2) is 55.1 Å². The quantitative estimate of drug-likeness (QED) is 0.615. The molecule has 1 aromatic carbocycles. The second-order valence-electron chi connectivity index (χ2n) is 7.96. The van der Waals surface area contributed by atoms with Crippen LogP contribution in [-0.4, -0.2) is 58.7 Å². The standard InChI is InChI=1S/C24H25N5O4/c30-24(16-33-19-4-6-21-22(12-19)32-11-10-31-21)29-9-1-2-17(15-29)20-5-3-18(13-27-20)28-23-14-25-7-8-26-23/h3-8,12-14,17H,1-2,9-11,15-16H2,(H,26,28)/t17-/m0/s1. The van der Waals surface area contributed by atoms with Gasteiger partial charge < -0.3 is 24.4 Å². The first-order chi connectivity index (χ1) is 16.2. The third kappa shape index (κ3) is 5.14. The van der Waals surface area contributed by atoms with Gasteiger partial charge in [-0.25, -0.2) is 4.98 Å². The summed E-state index contributed by atoms with van der Waals surface area (Å²) in [5.41, 5.74) is 1.82. The highest BCUT2D eigenvalue weighted by Crippen LogP contribution is 2.33. The molecule has 1 N–H and O–H groups in total. The van der Waals surface area contributed by atoms with Crippen molar-refractivity contribution in [3.05, 3.63) is 60.8 Å². The predicted molar refractivity (Wildman–Crippen MR) is 121 cm³/mol. The Balaban J connectivity index is 1.16. The van der Waals surface area contributed by atoms with E-state index >= 15 is 0 Å². The lowest BCUT2D eigenvalue weighted by molar-refractivity contribution is -0.134. The number of carbonyl (C=O) groups is 1. The van der Waals surface area contributed by atoms with Crippen LogP contribution in [-0.2, 0) is 4.79 Å². The van der Waals surface area contributed by atoms with Crippen molar-refractivity contribution in [3.8, 4) is 17.2 Å². The number of nitrogens with one attached hydrogen (secondary N) is 1. The highest BCUT2D eigenvalue weighted by molar-refractivity contribution is 5.78. The minimum absolute atomic E-state index is 0.0131. The summed E-state index contributed by atoms with van der Waals surface area (Å²) in [7, 11) is 0. The predicted octanol–water partition coefficient (Wildman–Crippen LogP) is 3.17. The summed E-state index contributed by atoms with van der Waals surface area (Å²) >= 11 is 0. The number of anilines is 2. The van der Waals surface area contributed by atoms with Gasteiger partial charge in [0.25, 0.3) is 5.91 Å². The molecule has 2 aromatic heterocycles. The molecule has 9 nitrogen and oxygen atoms in total. The van der Waals surface area contributed by atoms with E-state index in [1.54, 1.807) is 43.0 Å². The van der Waals surface area contributed by atoms with E-state index < -0.39 is 0 Å². The number of likely N-dealkylation sites (tertiary alicyclic amines) is 1. The smallest absolute Gasteiger partial charge is 0.260 e. The Morgan fingerprint density at radius 2 is 2.00 bits per heavy atom. The lowest BCUT2D eigenvalue weighted by Gasteiger charge is -2.32. The number of hydrogen-bond acceptors (Lipinski definition) is 8. The van der Waals surface area contributed by atoms with E-state index in [9.17, 15) is 4.79 Å². The molecule has 170 valence electrons. The topological polar surface area (TPSA) is 98.7 Å². The van der Waals surface area contributed by atoms with Gasteiger partial charge in [-0.05, 0) is 37.1 Å². The highest BCUT2D eigenvalue weighted by Gasteiger charge is 2.26. The van der Waals surface area contributed by atoms with Crippen molar-refractivity contribution < 1.29 is 19.0 Å². The lowest BCUT2D eigenvalue weighted by atomic mass is 9.94. The van der Waals surface area contributed by atoms with Crippen molar-refractivity contribution in [2.45, 2.75) is 18.8 Å². The second kappa shape index (κ2) is 9.72. The van der Waals surface area contributed by atoms with Gasteiger partial charge >= 0.3 is 0 Å². The third-order valence-corrected chi connectivity index (χ3v) is 5.69. The van der Waals surface area contributed by atoms with Gasteiger partial charge in [0.2, 0.25) is 0 Å². The maximum atomic E-state index is 12.8. The first-order valence-corrected chi connectivity index (χ1v) is 11.0. The number of amides is 1. The van der Waals surface area contributed by atoms with Crippen LogP contribution in [0.2, 0.25) is 0 Å². The van der Waals surface area contributed by atoms with Crippen LogP contribution in [0.5, 0.6) is 17.2 Å². The molecule has 0 aliphatic carbocycles. The molecule has 3 aromatic rings. The normalized spacial score (nSPS) is 17.3. The van der Waals surface area contributed by atoms with E-state index in [-0.39, 0.29) is 18.4 Å². The SMILES string of the molecule is O=C(COc1ccc2c(c1)OCCO2)N1CCC[C@H](c2ccc(Nc3cnccn3)cn2)C1. The first-order valence-electron chi connectivity index (χ1n) is 11.0. The van der Waals surface area contributed by atoms with E-state index in [0.29, 0.717) is 42.8 Å². The Labute approximate surface area is 191 Å². The molecule has 9 heteroatoms. The Morgan fingerprint density at radius 3 is 2.82 bits per heavy atom. The van der Waals surface area contributed by atoms with Gasteiger partial charge in [-0.15, -0.1) is 0 Å². The lowest BCUT2D eigenvalue weighted by Crippen LogP contribution is -2.41. The molecule has 0 radical (unpaired) electrons. The summed E-state index contributed by atoms with van der Waals surface area (Å²) in [5, 5.41) is 3.18. The molecule has 1 fully saturated rings. The van der Waals surface area contributed by atoms with Crippen LogP contribution in [0.1, 0.15) is 24.5 Å². The molecule has 5 rings (SSSR count). The Morgan fingerprint density at radius 1 is 1.09 bits per heavy atom. The number of ether oxygens (including phenoxy) is 3. The summed E-state index contributed by atoms with van der Waals surface area (Å²) in [5.74, 6) is 2.77. The molecule has 0 unspecified atom stereocenters. The van der Waals surface area contributed by atoms with Crippen molar-refractivity contribution in [1.29, 1.82) is 0 Å². The number of benzene rings is 1. The van der Waals surface area contributed by atoms with E-state index in [1.165, 1.54) is 0 Å². The number of fused-ring (bicyclic) bond motifs is 1. The Kier molecular flexibility index (Phi) is 6.19. The van der Waals surface area contributed by atoms with Crippen molar-refractivity contribution in [2.75, 3.05) is 38.2 Å². The molecule has 0 spiro atoms. The van der Waals surface area contributed by atoms with Crippen molar-refractivity contribution in [3.63, 3.8) is 0 Å². The molecule has 2 aliphatic rings. The average molecular weight is 447 g/mol. The van der Waals surface area contributed by atoms with E-state index in [4.69, 9.17) is 14.2 Å². The zero-order chi connectivity index (χ0) is 22.5. The molecular weight excluding hydrogens is 422 g/mol. The van der Waals surface area contributed by atoms with Crippen LogP contribution in [0.3, 0.4) is 0 Å². The van der Waals surface area contributed by atoms with E-state index in [0.717, 1.165) is 30.8 Å². The van der Waals surface area contributed by atoms with Gasteiger partial charge in [0.15, 0.2) is 18.1 Å². The summed E-state index contributed by atoms with van der Waals surface area (Å²) < 4.78 is 16.8. The monoisotopic (exact) mass is 447 g/mol. The second-order valence-corrected chi connectivity index (χ2v) is 7.96. The molecule has 0 saturated carbocycles. The molecule has 0 bridgehead atoms. The minimum atomic E-state index is -0.0319. The number of nitrogens with zero attached hydrogens (tertiary/aromatic N) is 4. The summed E-state index contributed by atoms with van der Waals surface area (Å²) in [4.78, 5) is 27.5. The Bertz CT molecular complexity index is 1090. The van der Waals surface area contributed by atoms with Gasteiger partial charge in [0.1, 0.15) is 24.8 Å². The number of rotatable bonds is 6. The van der Waals surface area contributed by atoms with E-state index in [1.807, 2.05) is 17.0 Å². The molecular formula is C24H25N5O4. The molecule has 1 atom stereocenters. The van der Waals surface area contributed by atoms with Gasteiger partial charge in [-0.3, -0.25) is 14.8 Å². The van der Waals surface area contributed by atoms with Crippen LogP contribution >= 0.6 is 0 Å². The summed E-state index contributed by atoms with van der Waals surface area (Å²) in [6, 6.07) is 9.34. The number of piperidine rings is 1. The van der Waals surface area contributed by atoms with Crippen LogP contribution in [0, 0.1) is 0 Å². The molecule has 4 heterocycles. The Hall–Kier alpha value is -3.88. The zero-order valence-electron chi connectivity index (χ0n) is 18.1. The fourth-order valence-corrected chi connectivity index (χ4v) is 4.03. The molecule has 2 aliphatic heterocycles. The average Bonchev–Trinajstić information content (AvgIpc) is 2.88. The van der Waals surface area contributed by atoms with Crippen LogP contribution in [0.4, 0.5) is 11.5 Å². The van der Waals surface area contributed by atoms with Gasteiger partial charge in [0.05, 0.1) is 18.1 Å². The fourth-order valence-electron chi connectivity index (χ4n) is 4.03. The van der Waals surface area contributed by atoms with Crippen molar-refractivity contribution >= 4 is 17.4 Å². The summed E-state index contributed by atoms with van der Waals surface area (Å²) in [6.07, 6.45) is 8.64.